The van der Waals surface area contributed by atoms with E-state index in [0.717, 1.165) is 24.3 Å². The number of fused-ring (bicyclic) bond motifs is 1. The molecule has 28 heavy (non-hydrogen) atoms. The lowest BCUT2D eigenvalue weighted by atomic mass is 9.92. The minimum atomic E-state index is -0.527. The van der Waals surface area contributed by atoms with Crippen LogP contribution in [0.2, 0.25) is 0 Å². The maximum Gasteiger partial charge on any atom is 0.261 e. The third kappa shape index (κ3) is 6.13. The summed E-state index contributed by atoms with van der Waals surface area (Å²) < 4.78 is 4.97. The van der Waals surface area contributed by atoms with Gasteiger partial charge < -0.3 is 14.6 Å². The maximum absolute atomic E-state index is 11.7. The highest BCUT2D eigenvalue weighted by atomic mass is 32.1. The van der Waals surface area contributed by atoms with Crippen molar-refractivity contribution >= 4 is 24.0 Å². The molecule has 3 rings (SSSR count). The van der Waals surface area contributed by atoms with E-state index in [-0.39, 0.29) is 12.5 Å². The topological polar surface area (TPSA) is 99.1 Å². The molecule has 0 fully saturated rings. The van der Waals surface area contributed by atoms with Crippen molar-refractivity contribution in [1.29, 1.82) is 0 Å². The Morgan fingerprint density at radius 1 is 1.32 bits per heavy atom. The molecule has 7 nitrogen and oxygen atoms in total. The minimum absolute atomic E-state index is 0.105. The average molecular weight is 409 g/mol. The molecule has 2 heterocycles. The molecule has 1 aliphatic rings. The van der Waals surface area contributed by atoms with Crippen LogP contribution < -0.4 is 10.2 Å². The number of carbonyl (C=O) groups excluding carboxylic acids is 2. The van der Waals surface area contributed by atoms with E-state index in [2.05, 4.69) is 6.92 Å². The van der Waals surface area contributed by atoms with Crippen molar-refractivity contribution < 1.29 is 24.6 Å². The van der Waals surface area contributed by atoms with Gasteiger partial charge in [0.2, 0.25) is 0 Å². The van der Waals surface area contributed by atoms with Gasteiger partial charge in [0.25, 0.3) is 5.91 Å². The Morgan fingerprint density at radius 2 is 1.96 bits per heavy atom. The first kappa shape index (κ1) is 23.8. The molecule has 1 aromatic carbocycles. The number of amides is 1. The Kier molecular flexibility index (Phi) is 10.4. The molecular weight excluding hydrogens is 380 g/mol. The van der Waals surface area contributed by atoms with Crippen molar-refractivity contribution in [2.24, 2.45) is 0 Å². The highest BCUT2D eigenvalue weighted by Gasteiger charge is 2.36. The number of rotatable bonds is 3. The largest absolute Gasteiger partial charge is 0.497 e. The molecule has 0 spiro atoms. The number of benzene rings is 1. The van der Waals surface area contributed by atoms with Gasteiger partial charge >= 0.3 is 0 Å². The number of likely N-dealkylation sites (N-methyl/N-ethyl adjacent to an activating group) is 1. The number of nitrogens with one attached hydrogen (secondary N) is 1. The van der Waals surface area contributed by atoms with E-state index in [9.17, 15) is 9.90 Å². The number of hydrogen-bond donors (Lipinski definition) is 3. The van der Waals surface area contributed by atoms with Crippen LogP contribution in [0.5, 0.6) is 5.75 Å². The molecule has 0 radical (unpaired) electrons. The standard InChI is InChI=1S/C11H16N2O3S.C8H10O.CH2O/c1-13-4-2-9-7(3-5-17-9)8(6-14)10(13)11(15)12-16;1-7-3-5-8(9-2)6-4-7;1-2/h3,5,8,10,14,16H,2,4,6H2,1H3,(H,12,15);3-6H,1-2H3;1H2. The first-order valence-electron chi connectivity index (χ1n) is 8.72. The Bertz CT molecular complexity index is 720. The molecule has 3 N–H and O–H groups in total. The van der Waals surface area contributed by atoms with Gasteiger partial charge in [0.1, 0.15) is 18.6 Å². The molecule has 2 aromatic rings. The van der Waals surface area contributed by atoms with Crippen LogP contribution in [0.15, 0.2) is 35.7 Å². The first-order chi connectivity index (χ1) is 13.5. The van der Waals surface area contributed by atoms with E-state index in [0.29, 0.717) is 0 Å². The molecule has 0 aliphatic carbocycles. The molecule has 1 aliphatic heterocycles. The lowest BCUT2D eigenvalue weighted by Gasteiger charge is -2.29. The van der Waals surface area contributed by atoms with Gasteiger partial charge in [-0.25, -0.2) is 5.48 Å². The molecule has 0 saturated carbocycles. The number of aryl methyl sites for hydroxylation is 1. The smallest absolute Gasteiger partial charge is 0.261 e. The van der Waals surface area contributed by atoms with E-state index >= 15 is 0 Å². The average Bonchev–Trinajstić information content (AvgIpc) is 3.15. The minimum Gasteiger partial charge on any atom is -0.497 e. The summed E-state index contributed by atoms with van der Waals surface area (Å²) in [6.45, 7) is 4.69. The van der Waals surface area contributed by atoms with Gasteiger partial charge in [0, 0.05) is 17.3 Å². The summed E-state index contributed by atoms with van der Waals surface area (Å²) in [5.74, 6) is 0.169. The van der Waals surface area contributed by atoms with Crippen LogP contribution in [0.1, 0.15) is 21.9 Å². The van der Waals surface area contributed by atoms with E-state index in [4.69, 9.17) is 14.7 Å². The third-order valence-corrected chi connectivity index (χ3v) is 5.56. The number of carbonyl (C=O) groups is 2. The van der Waals surface area contributed by atoms with Crippen molar-refractivity contribution in [3.63, 3.8) is 0 Å². The summed E-state index contributed by atoms with van der Waals surface area (Å²) >= 11 is 1.65. The normalized spacial score (nSPS) is 18.3. The summed E-state index contributed by atoms with van der Waals surface area (Å²) in [6.07, 6.45) is 0.870. The van der Waals surface area contributed by atoms with E-state index < -0.39 is 11.9 Å². The van der Waals surface area contributed by atoms with Gasteiger partial charge in [-0.2, -0.15) is 0 Å². The third-order valence-electron chi connectivity index (χ3n) is 4.56. The number of methoxy groups -OCH3 is 1. The predicted molar refractivity (Wildman–Crippen MR) is 109 cm³/mol. The fourth-order valence-corrected chi connectivity index (χ4v) is 4.04. The Balaban J connectivity index is 0.000000301. The van der Waals surface area contributed by atoms with Gasteiger partial charge in [0.05, 0.1) is 13.7 Å². The summed E-state index contributed by atoms with van der Waals surface area (Å²) in [5, 5.41) is 20.3. The highest BCUT2D eigenvalue weighted by molar-refractivity contribution is 7.10. The summed E-state index contributed by atoms with van der Waals surface area (Å²) in [5.41, 5.74) is 3.98. The second kappa shape index (κ2) is 12.2. The molecule has 2 unspecified atom stereocenters. The zero-order valence-corrected chi connectivity index (χ0v) is 17.2. The summed E-state index contributed by atoms with van der Waals surface area (Å²) in [7, 11) is 3.50. The van der Waals surface area contributed by atoms with Crippen LogP contribution in [-0.2, 0) is 16.0 Å². The zero-order valence-electron chi connectivity index (χ0n) is 16.4. The number of thiophene rings is 1. The Morgan fingerprint density at radius 3 is 2.50 bits per heavy atom. The van der Waals surface area contributed by atoms with Crippen LogP contribution in [0, 0.1) is 6.92 Å². The molecule has 154 valence electrons. The van der Waals surface area contributed by atoms with Crippen LogP contribution in [0.4, 0.5) is 0 Å². The number of hydroxylamine groups is 1. The lowest BCUT2D eigenvalue weighted by molar-refractivity contribution is -0.135. The van der Waals surface area contributed by atoms with Crippen molar-refractivity contribution in [2.45, 2.75) is 25.3 Å². The molecule has 0 bridgehead atoms. The molecule has 8 heteroatoms. The van der Waals surface area contributed by atoms with Gasteiger partial charge in [-0.1, -0.05) is 17.7 Å². The van der Waals surface area contributed by atoms with Crippen LogP contribution in [0.25, 0.3) is 0 Å². The Labute approximate surface area is 169 Å². The highest BCUT2D eigenvalue weighted by Crippen LogP contribution is 2.32. The summed E-state index contributed by atoms with van der Waals surface area (Å²) in [6, 6.07) is 9.39. The van der Waals surface area contributed by atoms with Crippen molar-refractivity contribution in [2.75, 3.05) is 27.3 Å². The van der Waals surface area contributed by atoms with Crippen LogP contribution in [0.3, 0.4) is 0 Å². The Hall–Kier alpha value is -2.26. The SMILES string of the molecule is C=O.CN1CCc2sccc2C(CO)C1C(=O)NO.COc1ccc(C)cc1. The molecular formula is C20H28N2O5S. The van der Waals surface area contributed by atoms with E-state index in [1.165, 1.54) is 10.4 Å². The van der Waals surface area contributed by atoms with Crippen molar-refractivity contribution in [3.8, 4) is 5.75 Å². The quantitative estimate of drug-likeness (QED) is 0.531. The zero-order chi connectivity index (χ0) is 21.1. The number of aliphatic hydroxyl groups is 1. The van der Waals surface area contributed by atoms with Crippen LogP contribution >= 0.6 is 11.3 Å². The van der Waals surface area contributed by atoms with Crippen molar-refractivity contribution in [1.82, 2.24) is 10.4 Å². The fraction of sp³-hybridized carbons (Fsp3) is 0.400. The molecule has 1 aromatic heterocycles. The van der Waals surface area contributed by atoms with Gasteiger partial charge in [-0.15, -0.1) is 11.3 Å². The lowest BCUT2D eigenvalue weighted by Crippen LogP contribution is -2.48. The number of hydrogen-bond acceptors (Lipinski definition) is 7. The van der Waals surface area contributed by atoms with Gasteiger partial charge in [0.15, 0.2) is 0 Å². The van der Waals surface area contributed by atoms with Gasteiger partial charge in [-0.3, -0.25) is 14.9 Å². The fourth-order valence-electron chi connectivity index (χ4n) is 3.10. The molecule has 1 amide bonds. The van der Waals surface area contributed by atoms with Gasteiger partial charge in [-0.05, 0) is 49.5 Å². The molecule has 0 saturated heterocycles. The van der Waals surface area contributed by atoms with E-state index in [1.807, 2.05) is 54.4 Å². The number of ether oxygens (including phenoxy) is 1. The second-order valence-corrected chi connectivity index (χ2v) is 7.26. The van der Waals surface area contributed by atoms with Crippen LogP contribution in [-0.4, -0.2) is 61.3 Å². The molecule has 2 atom stereocenters. The summed E-state index contributed by atoms with van der Waals surface area (Å²) in [4.78, 5) is 22.8. The number of aliphatic hydroxyl groups excluding tert-OH is 1. The second-order valence-electron chi connectivity index (χ2n) is 6.26. The number of nitrogens with zero attached hydrogens (tertiary/aromatic N) is 1. The first-order valence-corrected chi connectivity index (χ1v) is 9.60. The maximum atomic E-state index is 11.7. The predicted octanol–water partition coefficient (Wildman–Crippen LogP) is 2.00. The van der Waals surface area contributed by atoms with E-state index in [1.54, 1.807) is 23.9 Å². The van der Waals surface area contributed by atoms with Crippen molar-refractivity contribution in [3.05, 3.63) is 51.7 Å². The monoisotopic (exact) mass is 408 g/mol.